The molecule has 4 heteroatoms. The second-order valence-electron chi connectivity index (χ2n) is 17.6. The monoisotopic (exact) mass is 796 g/mol. The Hall–Kier alpha value is -6.26. The molecule has 0 unspecified atom stereocenters. The third-order valence-electron chi connectivity index (χ3n) is 11.3. The molecule has 0 radical (unpaired) electrons. The highest BCUT2D eigenvalue weighted by molar-refractivity contribution is 5.97. The van der Waals surface area contributed by atoms with E-state index in [4.69, 9.17) is 19.6 Å². The molecule has 1 N–H and O–H groups in total. The van der Waals surface area contributed by atoms with E-state index in [-0.39, 0.29) is 28.6 Å². The number of phenols is 1. The van der Waals surface area contributed by atoms with Crippen LogP contribution in [0.4, 0.5) is 0 Å². The van der Waals surface area contributed by atoms with Crippen molar-refractivity contribution in [3.63, 3.8) is 0 Å². The highest BCUT2D eigenvalue weighted by Crippen LogP contribution is 2.44. The zero-order chi connectivity index (χ0) is 49.4. The fourth-order valence-electron chi connectivity index (χ4n) is 7.92. The van der Waals surface area contributed by atoms with E-state index in [1.165, 1.54) is 0 Å². The molecule has 0 bridgehead atoms. The summed E-state index contributed by atoms with van der Waals surface area (Å²) in [6.45, 7) is 15.8. The molecule has 302 valence electrons. The number of rotatable bonds is 9. The predicted molar refractivity (Wildman–Crippen MR) is 253 cm³/mol. The fourth-order valence-corrected chi connectivity index (χ4v) is 7.92. The Bertz CT molecular complexity index is 3220. The van der Waals surface area contributed by atoms with Crippen LogP contribution in [0.2, 0.25) is 0 Å². The summed E-state index contributed by atoms with van der Waals surface area (Å²) in [5, 5.41) is 12.2. The van der Waals surface area contributed by atoms with Gasteiger partial charge in [0, 0.05) is 28.5 Å². The Morgan fingerprint density at radius 2 is 1.40 bits per heavy atom. The summed E-state index contributed by atoms with van der Waals surface area (Å²) in [6, 6.07) is 34.0. The Kier molecular flexibility index (Phi) is 8.47. The van der Waals surface area contributed by atoms with Crippen LogP contribution in [-0.4, -0.2) is 19.6 Å². The van der Waals surface area contributed by atoms with Crippen LogP contribution in [-0.2, 0) is 5.41 Å². The fraction of sp³-hybridized carbons (Fsp3) is 0.250. The van der Waals surface area contributed by atoms with E-state index >= 15 is 0 Å². The first-order valence-electron chi connectivity index (χ1n) is 24.7. The lowest BCUT2D eigenvalue weighted by atomic mass is 9.83. The average Bonchev–Trinajstić information content (AvgIpc) is 3.67. The molecule has 0 spiro atoms. The van der Waals surface area contributed by atoms with Gasteiger partial charge < -0.3 is 5.11 Å². The molecule has 0 aliphatic carbocycles. The number of nitrogens with zero attached hydrogens (tertiary/aromatic N) is 3. The Balaban J connectivity index is 1.40. The molecule has 8 aromatic rings. The number of aromatic nitrogens is 3. The lowest BCUT2D eigenvalue weighted by Gasteiger charge is -2.22. The van der Waals surface area contributed by atoms with Gasteiger partial charge in [0.05, 0.1) is 27.8 Å². The number of aromatic hydroxyl groups is 1. The van der Waals surface area contributed by atoms with E-state index in [1.54, 1.807) is 18.3 Å². The molecule has 0 saturated heterocycles. The molecule has 8 rings (SSSR count). The molecular formula is C56H57N3O. The number of imidazole rings is 1. The second kappa shape index (κ2) is 16.1. The van der Waals surface area contributed by atoms with E-state index in [1.807, 2.05) is 62.4 Å². The van der Waals surface area contributed by atoms with Gasteiger partial charge in [0.15, 0.2) is 0 Å². The van der Waals surface area contributed by atoms with E-state index in [9.17, 15) is 6.48 Å². The minimum absolute atomic E-state index is 0.00846. The zero-order valence-corrected chi connectivity index (χ0v) is 35.9. The molecule has 60 heavy (non-hydrogen) atoms. The van der Waals surface area contributed by atoms with Crippen LogP contribution in [0.1, 0.15) is 119 Å². The highest BCUT2D eigenvalue weighted by atomic mass is 16.3. The van der Waals surface area contributed by atoms with Crippen LogP contribution in [0.25, 0.3) is 72.7 Å². The third kappa shape index (κ3) is 7.79. The molecule has 0 aliphatic heterocycles. The van der Waals surface area contributed by atoms with Gasteiger partial charge in [0.25, 0.3) is 0 Å². The highest BCUT2D eigenvalue weighted by Gasteiger charge is 2.25. The first-order valence-corrected chi connectivity index (χ1v) is 20.7. The third-order valence-corrected chi connectivity index (χ3v) is 11.3. The molecule has 4 nitrogen and oxygen atoms in total. The summed E-state index contributed by atoms with van der Waals surface area (Å²) in [7, 11) is 0. The summed E-state index contributed by atoms with van der Waals surface area (Å²) < 4.78 is 69.9. The SMILES string of the molecule is [2H]c1c([2H])c(C([2H])([2H])[2H])c([2H])c([2H])c1-c1ccnc(-c2cc(-c3cccc4c3nc(-c3cc(C(C)C)cc(C(C)C)c3O)n4-c3ccc(-c4ccccc4)c(C([2H])(C)C)c3)cc(C(C)(C)C)c2)c1. The van der Waals surface area contributed by atoms with Crippen LogP contribution in [0.5, 0.6) is 5.75 Å². The molecular weight excluding hydrogens is 731 g/mol. The van der Waals surface area contributed by atoms with Gasteiger partial charge in [-0.1, -0.05) is 153 Å². The van der Waals surface area contributed by atoms with Crippen molar-refractivity contribution in [2.45, 2.75) is 92.3 Å². The van der Waals surface area contributed by atoms with Crippen LogP contribution in [0.3, 0.4) is 0 Å². The summed E-state index contributed by atoms with van der Waals surface area (Å²) in [5.41, 5.74) is 11.0. The maximum atomic E-state index is 12.2. The van der Waals surface area contributed by atoms with Gasteiger partial charge in [-0.15, -0.1) is 0 Å². The Morgan fingerprint density at radius 1 is 0.650 bits per heavy atom. The summed E-state index contributed by atoms with van der Waals surface area (Å²) in [5.74, 6) is -0.0433. The quantitative estimate of drug-likeness (QED) is 0.158. The summed E-state index contributed by atoms with van der Waals surface area (Å²) >= 11 is 0. The van der Waals surface area contributed by atoms with Gasteiger partial charge in [-0.05, 0) is 129 Å². The number of para-hydroxylation sites is 1. The number of fused-ring (bicyclic) bond motifs is 1. The molecule has 0 atom stereocenters. The average molecular weight is 796 g/mol. The minimum Gasteiger partial charge on any atom is -0.507 e. The molecule has 0 fully saturated rings. The van der Waals surface area contributed by atoms with Crippen LogP contribution in [0.15, 0.2) is 140 Å². The van der Waals surface area contributed by atoms with Crippen molar-refractivity contribution in [1.82, 2.24) is 14.5 Å². The minimum atomic E-state index is -2.82. The second-order valence-corrected chi connectivity index (χ2v) is 17.6. The molecule has 0 amide bonds. The predicted octanol–water partition coefficient (Wildman–Crippen LogP) is 15.4. The van der Waals surface area contributed by atoms with Crippen LogP contribution in [0, 0.1) is 6.85 Å². The molecule has 2 heterocycles. The maximum absolute atomic E-state index is 12.2. The molecule has 0 saturated carbocycles. The first kappa shape index (κ1) is 31.6. The lowest BCUT2D eigenvalue weighted by Crippen LogP contribution is -2.11. The number of pyridine rings is 1. The Morgan fingerprint density at radius 3 is 2.08 bits per heavy atom. The lowest BCUT2D eigenvalue weighted by molar-refractivity contribution is 0.466. The van der Waals surface area contributed by atoms with Gasteiger partial charge >= 0.3 is 0 Å². The van der Waals surface area contributed by atoms with Gasteiger partial charge in [-0.3, -0.25) is 9.55 Å². The van der Waals surface area contributed by atoms with Crippen molar-refractivity contribution >= 4 is 11.0 Å². The van der Waals surface area contributed by atoms with Crippen molar-refractivity contribution < 1.29 is 16.1 Å². The number of benzene rings is 6. The van der Waals surface area contributed by atoms with Crippen molar-refractivity contribution in [3.8, 4) is 67.5 Å². The van der Waals surface area contributed by atoms with E-state index in [2.05, 4.69) is 102 Å². The van der Waals surface area contributed by atoms with E-state index in [0.717, 1.165) is 61.3 Å². The van der Waals surface area contributed by atoms with E-state index in [0.29, 0.717) is 28.2 Å². The number of hydrogen-bond acceptors (Lipinski definition) is 3. The summed E-state index contributed by atoms with van der Waals surface area (Å²) in [6.07, 6.45) is 1.56. The van der Waals surface area contributed by atoms with Gasteiger partial charge in [-0.2, -0.15) is 0 Å². The van der Waals surface area contributed by atoms with Crippen molar-refractivity contribution in [3.05, 3.63) is 167 Å². The van der Waals surface area contributed by atoms with Crippen molar-refractivity contribution in [1.29, 1.82) is 0 Å². The summed E-state index contributed by atoms with van der Waals surface area (Å²) in [4.78, 5) is 10.3. The van der Waals surface area contributed by atoms with Crippen LogP contribution >= 0.6 is 0 Å². The van der Waals surface area contributed by atoms with Gasteiger partial charge in [-0.25, -0.2) is 4.98 Å². The zero-order valence-electron chi connectivity index (χ0n) is 43.9. The topological polar surface area (TPSA) is 50.9 Å². The van der Waals surface area contributed by atoms with Gasteiger partial charge in [0.1, 0.15) is 11.6 Å². The standard InChI is InChI=1S/C56H57N3O/c1-34(2)41-30-49(36(5)6)54(60)50(31-41)55-58-53-47(17-14-18-52(53)59(55)45-23-24-46(48(33-45)35(3)4)39-15-12-11-13-16-39)42-27-43(29-44(28-42)56(8,9)10)51-32-40(25-26-57-51)38-21-19-37(7)20-22-38/h11-36,60H,1-10H3/i7D3,19D,20D,21D,22D,35D. The molecule has 0 aliphatic rings. The largest absolute Gasteiger partial charge is 0.507 e. The first-order chi connectivity index (χ1) is 31.9. The molecule has 2 aromatic heterocycles. The van der Waals surface area contributed by atoms with Gasteiger partial charge in [0.2, 0.25) is 0 Å². The maximum Gasteiger partial charge on any atom is 0.149 e. The van der Waals surface area contributed by atoms with Crippen molar-refractivity contribution in [2.75, 3.05) is 0 Å². The van der Waals surface area contributed by atoms with Crippen molar-refractivity contribution in [2.24, 2.45) is 0 Å². The Labute approximate surface area is 367 Å². The number of hydrogen-bond donors (Lipinski definition) is 1. The molecule has 6 aromatic carbocycles. The van der Waals surface area contributed by atoms with E-state index < -0.39 is 42.5 Å². The normalized spacial score (nSPS) is 14.3. The smallest absolute Gasteiger partial charge is 0.149 e. The van der Waals surface area contributed by atoms with Crippen LogP contribution < -0.4 is 0 Å². The number of phenolic OH excluding ortho intramolecular Hbond substituents is 1.